The summed E-state index contributed by atoms with van der Waals surface area (Å²) in [6.07, 6.45) is 16.1. The van der Waals surface area contributed by atoms with Crippen LogP contribution >= 0.6 is 0 Å². The molecule has 0 radical (unpaired) electrons. The van der Waals surface area contributed by atoms with Crippen LogP contribution in [0.4, 0.5) is 0 Å². The molecule has 0 aromatic rings. The van der Waals surface area contributed by atoms with Crippen molar-refractivity contribution < 1.29 is 0 Å². The smallest absolute Gasteiger partial charge is 0.00217 e. The van der Waals surface area contributed by atoms with Crippen LogP contribution in [0.1, 0.15) is 77.6 Å². The van der Waals surface area contributed by atoms with Crippen molar-refractivity contribution in [2.75, 3.05) is 20.1 Å². The fourth-order valence-electron chi connectivity index (χ4n) is 3.06. The van der Waals surface area contributed by atoms with Gasteiger partial charge < -0.3 is 4.90 Å². The number of unbranched alkanes of at least 4 members (excludes halogenated alkanes) is 5. The molecule has 1 aliphatic heterocycles. The molecule has 0 N–H and O–H groups in total. The van der Waals surface area contributed by atoms with E-state index in [2.05, 4.69) is 18.9 Å². The van der Waals surface area contributed by atoms with E-state index in [1.807, 2.05) is 0 Å². The number of hydrogen-bond donors (Lipinski definition) is 0. The van der Waals surface area contributed by atoms with Crippen LogP contribution in [-0.4, -0.2) is 25.0 Å². The van der Waals surface area contributed by atoms with Gasteiger partial charge >= 0.3 is 0 Å². The predicted octanol–water partition coefficient (Wildman–Crippen LogP) is 4.86. The molecular formula is C16H33N. The highest BCUT2D eigenvalue weighted by Gasteiger charge is 2.12. The molecule has 1 aliphatic rings. The Balaban J connectivity index is 1.98. The van der Waals surface area contributed by atoms with Crippen molar-refractivity contribution in [1.82, 2.24) is 4.90 Å². The van der Waals surface area contributed by atoms with E-state index >= 15 is 0 Å². The summed E-state index contributed by atoms with van der Waals surface area (Å²) in [6.45, 7) is 4.95. The van der Waals surface area contributed by atoms with E-state index in [1.165, 1.54) is 83.7 Å². The average molecular weight is 239 g/mol. The summed E-state index contributed by atoms with van der Waals surface area (Å²) in [6, 6.07) is 0. The third kappa shape index (κ3) is 7.81. The zero-order chi connectivity index (χ0) is 12.3. The molecule has 1 nitrogen and oxygen atoms in total. The molecule has 1 heterocycles. The Labute approximate surface area is 109 Å². The van der Waals surface area contributed by atoms with Crippen molar-refractivity contribution in [3.05, 3.63) is 0 Å². The maximum absolute atomic E-state index is 2.50. The van der Waals surface area contributed by atoms with Crippen LogP contribution in [-0.2, 0) is 0 Å². The van der Waals surface area contributed by atoms with Crippen molar-refractivity contribution in [3.8, 4) is 0 Å². The lowest BCUT2D eigenvalue weighted by Gasteiger charge is -2.24. The fraction of sp³-hybridized carbons (Fsp3) is 1.00. The first-order chi connectivity index (χ1) is 8.33. The van der Waals surface area contributed by atoms with E-state index in [-0.39, 0.29) is 0 Å². The Hall–Kier alpha value is -0.0400. The van der Waals surface area contributed by atoms with E-state index in [0.29, 0.717) is 0 Å². The van der Waals surface area contributed by atoms with Crippen molar-refractivity contribution in [2.45, 2.75) is 77.6 Å². The van der Waals surface area contributed by atoms with E-state index in [0.717, 1.165) is 5.92 Å². The molecule has 0 aromatic heterocycles. The number of rotatable bonds is 7. The van der Waals surface area contributed by atoms with Gasteiger partial charge in [0.05, 0.1) is 0 Å². The van der Waals surface area contributed by atoms with Gasteiger partial charge in [-0.1, -0.05) is 51.9 Å². The van der Waals surface area contributed by atoms with Crippen LogP contribution in [0.25, 0.3) is 0 Å². The Bertz CT molecular complexity index is 157. The molecule has 17 heavy (non-hydrogen) atoms. The third-order valence-electron chi connectivity index (χ3n) is 4.27. The molecule has 0 bridgehead atoms. The molecule has 0 aliphatic carbocycles. The molecule has 1 heteroatoms. The van der Waals surface area contributed by atoms with Gasteiger partial charge in [0.2, 0.25) is 0 Å². The zero-order valence-corrected chi connectivity index (χ0v) is 12.2. The molecule has 0 aromatic carbocycles. The lowest BCUT2D eigenvalue weighted by Crippen LogP contribution is -2.24. The van der Waals surface area contributed by atoms with Crippen LogP contribution in [0.3, 0.4) is 0 Å². The molecule has 1 saturated heterocycles. The van der Waals surface area contributed by atoms with Gasteiger partial charge in [-0.25, -0.2) is 0 Å². The first kappa shape index (κ1) is 15.0. The van der Waals surface area contributed by atoms with Gasteiger partial charge in [0.25, 0.3) is 0 Å². The predicted molar refractivity (Wildman–Crippen MR) is 77.4 cm³/mol. The average Bonchev–Trinajstić information content (AvgIpc) is 2.29. The Morgan fingerprint density at radius 1 is 0.882 bits per heavy atom. The summed E-state index contributed by atoms with van der Waals surface area (Å²) < 4.78 is 0. The van der Waals surface area contributed by atoms with Gasteiger partial charge in [0.1, 0.15) is 0 Å². The van der Waals surface area contributed by atoms with E-state index in [4.69, 9.17) is 0 Å². The number of likely N-dealkylation sites (tertiary alicyclic amines) is 1. The lowest BCUT2D eigenvalue weighted by molar-refractivity contribution is 0.254. The van der Waals surface area contributed by atoms with Gasteiger partial charge in [-0.2, -0.15) is 0 Å². The molecule has 0 spiro atoms. The minimum Gasteiger partial charge on any atom is -0.306 e. The van der Waals surface area contributed by atoms with Gasteiger partial charge in [-0.05, 0) is 51.7 Å². The van der Waals surface area contributed by atoms with E-state index in [9.17, 15) is 0 Å². The first-order valence-electron chi connectivity index (χ1n) is 8.01. The summed E-state index contributed by atoms with van der Waals surface area (Å²) in [5, 5.41) is 0. The topological polar surface area (TPSA) is 3.24 Å². The molecule has 0 amide bonds. The van der Waals surface area contributed by atoms with Crippen LogP contribution in [0.15, 0.2) is 0 Å². The summed E-state index contributed by atoms with van der Waals surface area (Å²) in [4.78, 5) is 2.50. The van der Waals surface area contributed by atoms with E-state index in [1.54, 1.807) is 0 Å². The van der Waals surface area contributed by atoms with Crippen LogP contribution in [0.2, 0.25) is 0 Å². The monoisotopic (exact) mass is 239 g/mol. The zero-order valence-electron chi connectivity index (χ0n) is 12.2. The first-order valence-corrected chi connectivity index (χ1v) is 8.01. The summed E-state index contributed by atoms with van der Waals surface area (Å²) in [5.74, 6) is 1.05. The molecule has 1 rings (SSSR count). The SMILES string of the molecule is CCCCCCCCC1CCCN(C)CCC1. The van der Waals surface area contributed by atoms with Gasteiger partial charge in [-0.3, -0.25) is 0 Å². The quantitative estimate of drug-likeness (QED) is 0.574. The van der Waals surface area contributed by atoms with Gasteiger partial charge in [-0.15, -0.1) is 0 Å². The highest BCUT2D eigenvalue weighted by molar-refractivity contribution is 4.66. The van der Waals surface area contributed by atoms with Crippen molar-refractivity contribution >= 4 is 0 Å². The van der Waals surface area contributed by atoms with Crippen LogP contribution in [0.5, 0.6) is 0 Å². The minimum atomic E-state index is 1.05. The highest BCUT2D eigenvalue weighted by Crippen LogP contribution is 2.23. The molecule has 1 fully saturated rings. The maximum atomic E-state index is 2.50. The summed E-state index contributed by atoms with van der Waals surface area (Å²) in [5.41, 5.74) is 0. The Kier molecular flexibility index (Phi) is 8.78. The summed E-state index contributed by atoms with van der Waals surface area (Å²) >= 11 is 0. The largest absolute Gasteiger partial charge is 0.306 e. The number of hydrogen-bond acceptors (Lipinski definition) is 1. The van der Waals surface area contributed by atoms with E-state index < -0.39 is 0 Å². The number of nitrogens with zero attached hydrogens (tertiary/aromatic N) is 1. The second-order valence-electron chi connectivity index (χ2n) is 6.01. The molecule has 0 unspecified atom stereocenters. The molecule has 102 valence electrons. The van der Waals surface area contributed by atoms with Crippen molar-refractivity contribution in [2.24, 2.45) is 5.92 Å². The second-order valence-corrected chi connectivity index (χ2v) is 6.01. The van der Waals surface area contributed by atoms with Crippen molar-refractivity contribution in [1.29, 1.82) is 0 Å². The molecule has 0 atom stereocenters. The van der Waals surface area contributed by atoms with Crippen LogP contribution < -0.4 is 0 Å². The molecular weight excluding hydrogens is 206 g/mol. The fourth-order valence-corrected chi connectivity index (χ4v) is 3.06. The minimum absolute atomic E-state index is 1.05. The van der Waals surface area contributed by atoms with Gasteiger partial charge in [0.15, 0.2) is 0 Å². The second kappa shape index (κ2) is 9.94. The standard InChI is InChI=1S/C16H33N/c1-3-4-5-6-7-8-11-16-12-9-14-17(2)15-10-13-16/h16H,3-15H2,1-2H3. The van der Waals surface area contributed by atoms with Gasteiger partial charge in [0, 0.05) is 0 Å². The normalized spacial score (nSPS) is 20.1. The Morgan fingerprint density at radius 2 is 1.47 bits per heavy atom. The van der Waals surface area contributed by atoms with Crippen LogP contribution in [0, 0.1) is 5.92 Å². The highest BCUT2D eigenvalue weighted by atomic mass is 15.1. The van der Waals surface area contributed by atoms with Crippen molar-refractivity contribution in [3.63, 3.8) is 0 Å². The third-order valence-corrected chi connectivity index (χ3v) is 4.27. The Morgan fingerprint density at radius 3 is 2.12 bits per heavy atom. The molecule has 0 saturated carbocycles. The lowest BCUT2D eigenvalue weighted by atomic mass is 9.90. The maximum Gasteiger partial charge on any atom is -0.00217 e. The summed E-state index contributed by atoms with van der Waals surface area (Å²) in [7, 11) is 2.27.